The van der Waals surface area contributed by atoms with Crippen molar-refractivity contribution in [1.29, 1.82) is 5.26 Å². The van der Waals surface area contributed by atoms with E-state index in [2.05, 4.69) is 5.32 Å². The van der Waals surface area contributed by atoms with Crippen molar-refractivity contribution in [3.05, 3.63) is 59.7 Å². The van der Waals surface area contributed by atoms with Crippen LogP contribution in [0.4, 0.5) is 11.4 Å². The lowest BCUT2D eigenvalue weighted by atomic mass is 10.0. The number of carbonyl (C=O) groups is 2. The van der Waals surface area contributed by atoms with Crippen LogP contribution in [0.2, 0.25) is 0 Å². The van der Waals surface area contributed by atoms with E-state index in [1.807, 2.05) is 30.3 Å². The molecule has 0 unspecified atom stereocenters. The van der Waals surface area contributed by atoms with Crippen LogP contribution >= 0.6 is 0 Å². The highest BCUT2D eigenvalue weighted by Crippen LogP contribution is 2.49. The number of para-hydroxylation sites is 1. The fourth-order valence-corrected chi connectivity index (χ4v) is 3.39. The number of rotatable bonds is 3. The number of carbonyl (C=O) groups excluding carboxylic acids is 2. The third-order valence-corrected chi connectivity index (χ3v) is 4.98. The monoisotopic (exact) mass is 331 g/mol. The van der Waals surface area contributed by atoms with Crippen LogP contribution in [0.1, 0.15) is 24.0 Å². The Morgan fingerprint density at radius 1 is 1.12 bits per heavy atom. The van der Waals surface area contributed by atoms with Crippen molar-refractivity contribution >= 4 is 23.2 Å². The fourth-order valence-electron chi connectivity index (χ4n) is 3.39. The van der Waals surface area contributed by atoms with Crippen molar-refractivity contribution in [3.8, 4) is 6.07 Å². The Hall–Kier alpha value is -3.13. The summed E-state index contributed by atoms with van der Waals surface area (Å²) in [6, 6.07) is 16.6. The molecule has 0 spiro atoms. The summed E-state index contributed by atoms with van der Waals surface area (Å²) in [5, 5.41) is 11.8. The van der Waals surface area contributed by atoms with Crippen molar-refractivity contribution in [2.75, 3.05) is 16.8 Å². The lowest BCUT2D eigenvalue weighted by molar-refractivity contribution is -0.132. The first kappa shape index (κ1) is 15.4. The van der Waals surface area contributed by atoms with Gasteiger partial charge < -0.3 is 10.2 Å². The number of anilines is 2. The third kappa shape index (κ3) is 2.56. The standard InChI is InChI=1S/C20H17N3O2/c21-13-14-4-3-6-16(12-14)22-18(24)20(9-10-20)19(25)23-11-8-15-5-1-2-7-17(15)23/h1-7,12H,8-11H2,(H,22,24). The molecule has 25 heavy (non-hydrogen) atoms. The lowest BCUT2D eigenvalue weighted by Gasteiger charge is -2.23. The van der Waals surface area contributed by atoms with Gasteiger partial charge in [0.05, 0.1) is 11.6 Å². The van der Waals surface area contributed by atoms with Crippen molar-refractivity contribution in [2.24, 2.45) is 5.41 Å². The molecule has 1 heterocycles. The maximum Gasteiger partial charge on any atom is 0.242 e. The van der Waals surface area contributed by atoms with Gasteiger partial charge in [-0.15, -0.1) is 0 Å². The van der Waals surface area contributed by atoms with Crippen molar-refractivity contribution in [2.45, 2.75) is 19.3 Å². The molecule has 5 nitrogen and oxygen atoms in total. The van der Waals surface area contributed by atoms with E-state index < -0.39 is 5.41 Å². The second-order valence-electron chi connectivity index (χ2n) is 6.56. The molecular formula is C20H17N3O2. The highest BCUT2D eigenvalue weighted by molar-refractivity contribution is 6.18. The van der Waals surface area contributed by atoms with Gasteiger partial charge in [0, 0.05) is 17.9 Å². The summed E-state index contributed by atoms with van der Waals surface area (Å²) < 4.78 is 0. The van der Waals surface area contributed by atoms with Gasteiger partial charge in [-0.1, -0.05) is 24.3 Å². The Labute approximate surface area is 145 Å². The maximum atomic E-state index is 13.1. The van der Waals surface area contributed by atoms with E-state index in [4.69, 9.17) is 5.26 Å². The number of hydrogen-bond donors (Lipinski definition) is 1. The van der Waals surface area contributed by atoms with Gasteiger partial charge in [-0.05, 0) is 49.1 Å². The highest BCUT2D eigenvalue weighted by atomic mass is 16.2. The molecule has 1 aliphatic carbocycles. The summed E-state index contributed by atoms with van der Waals surface area (Å²) in [5.74, 6) is -0.400. The highest BCUT2D eigenvalue weighted by Gasteiger charge is 2.58. The zero-order valence-electron chi connectivity index (χ0n) is 13.7. The molecule has 1 aliphatic heterocycles. The Kier molecular flexibility index (Phi) is 3.54. The zero-order valence-corrected chi connectivity index (χ0v) is 13.7. The predicted octanol–water partition coefficient (Wildman–Crippen LogP) is 2.87. The van der Waals surface area contributed by atoms with Crippen LogP contribution in [0, 0.1) is 16.7 Å². The second-order valence-corrected chi connectivity index (χ2v) is 6.56. The number of amides is 2. The molecule has 0 bridgehead atoms. The van der Waals surface area contributed by atoms with Gasteiger partial charge in [-0.25, -0.2) is 0 Å². The smallest absolute Gasteiger partial charge is 0.242 e. The van der Waals surface area contributed by atoms with Gasteiger partial charge in [0.25, 0.3) is 0 Å². The number of hydrogen-bond acceptors (Lipinski definition) is 3. The minimum atomic E-state index is -0.972. The van der Waals surface area contributed by atoms with Crippen LogP contribution in [-0.2, 0) is 16.0 Å². The van der Waals surface area contributed by atoms with Gasteiger partial charge in [0.2, 0.25) is 11.8 Å². The second kappa shape index (κ2) is 5.75. The normalized spacial score (nSPS) is 16.7. The average Bonchev–Trinajstić information content (AvgIpc) is 3.35. The molecule has 2 aromatic rings. The summed E-state index contributed by atoms with van der Waals surface area (Å²) in [6.45, 7) is 0.622. The Morgan fingerprint density at radius 2 is 1.92 bits per heavy atom. The Morgan fingerprint density at radius 3 is 2.68 bits per heavy atom. The summed E-state index contributed by atoms with van der Waals surface area (Å²) in [5.41, 5.74) is 2.11. The SMILES string of the molecule is N#Cc1cccc(NC(=O)C2(C(=O)N3CCc4ccccc43)CC2)c1. The van der Waals surface area contributed by atoms with E-state index >= 15 is 0 Å². The van der Waals surface area contributed by atoms with Crippen molar-refractivity contribution in [3.63, 3.8) is 0 Å². The Balaban J connectivity index is 1.55. The van der Waals surface area contributed by atoms with Crippen LogP contribution in [0.25, 0.3) is 0 Å². The molecule has 124 valence electrons. The maximum absolute atomic E-state index is 13.1. The number of nitrogens with one attached hydrogen (secondary N) is 1. The quantitative estimate of drug-likeness (QED) is 0.879. The fraction of sp³-hybridized carbons (Fsp3) is 0.250. The van der Waals surface area contributed by atoms with Crippen LogP contribution in [0.15, 0.2) is 48.5 Å². The topological polar surface area (TPSA) is 73.2 Å². The average molecular weight is 331 g/mol. The molecule has 1 N–H and O–H groups in total. The van der Waals surface area contributed by atoms with E-state index in [0.717, 1.165) is 17.7 Å². The van der Waals surface area contributed by atoms with Crippen molar-refractivity contribution in [1.82, 2.24) is 0 Å². The molecule has 2 aliphatic rings. The van der Waals surface area contributed by atoms with Gasteiger partial charge in [0.1, 0.15) is 5.41 Å². The molecule has 1 saturated carbocycles. The van der Waals surface area contributed by atoms with Gasteiger partial charge in [-0.2, -0.15) is 5.26 Å². The summed E-state index contributed by atoms with van der Waals surface area (Å²) >= 11 is 0. The van der Waals surface area contributed by atoms with Crippen molar-refractivity contribution < 1.29 is 9.59 Å². The number of fused-ring (bicyclic) bond motifs is 1. The molecule has 0 radical (unpaired) electrons. The third-order valence-electron chi connectivity index (χ3n) is 4.98. The largest absolute Gasteiger partial charge is 0.325 e. The van der Waals surface area contributed by atoms with Crippen LogP contribution in [-0.4, -0.2) is 18.4 Å². The molecule has 5 heteroatoms. The lowest BCUT2D eigenvalue weighted by Crippen LogP contribution is -2.42. The van der Waals surface area contributed by atoms with Gasteiger partial charge in [-0.3, -0.25) is 9.59 Å². The van der Waals surface area contributed by atoms with Gasteiger partial charge in [0.15, 0.2) is 0 Å². The van der Waals surface area contributed by atoms with E-state index in [1.54, 1.807) is 29.2 Å². The molecule has 0 aromatic heterocycles. The van der Waals surface area contributed by atoms with Crippen LogP contribution in [0.5, 0.6) is 0 Å². The van der Waals surface area contributed by atoms with E-state index in [9.17, 15) is 9.59 Å². The zero-order chi connectivity index (χ0) is 17.4. The minimum absolute atomic E-state index is 0.119. The predicted molar refractivity (Wildman–Crippen MR) is 94.0 cm³/mol. The summed E-state index contributed by atoms with van der Waals surface area (Å²) in [7, 11) is 0. The van der Waals surface area contributed by atoms with Crippen LogP contribution in [0.3, 0.4) is 0 Å². The molecule has 0 saturated heterocycles. The number of nitriles is 1. The summed E-state index contributed by atoms with van der Waals surface area (Å²) in [6.07, 6.45) is 1.95. The molecule has 0 atom stereocenters. The molecule has 2 amide bonds. The van der Waals surface area contributed by atoms with E-state index in [1.165, 1.54) is 0 Å². The Bertz CT molecular complexity index is 909. The first-order chi connectivity index (χ1) is 12.1. The molecule has 2 aromatic carbocycles. The summed E-state index contributed by atoms with van der Waals surface area (Å²) in [4.78, 5) is 27.6. The molecular weight excluding hydrogens is 314 g/mol. The molecule has 4 rings (SSSR count). The van der Waals surface area contributed by atoms with Crippen LogP contribution < -0.4 is 10.2 Å². The number of nitrogens with zero attached hydrogens (tertiary/aromatic N) is 2. The first-order valence-electron chi connectivity index (χ1n) is 8.35. The van der Waals surface area contributed by atoms with E-state index in [0.29, 0.717) is 30.6 Å². The molecule has 1 fully saturated rings. The minimum Gasteiger partial charge on any atom is -0.325 e. The first-order valence-corrected chi connectivity index (χ1v) is 8.35. The van der Waals surface area contributed by atoms with E-state index in [-0.39, 0.29) is 11.8 Å². The number of benzene rings is 2. The van der Waals surface area contributed by atoms with Gasteiger partial charge >= 0.3 is 0 Å².